The highest BCUT2D eigenvalue weighted by Crippen LogP contribution is 2.48. The van der Waals surface area contributed by atoms with Crippen molar-refractivity contribution >= 4 is 21.9 Å². The summed E-state index contributed by atoms with van der Waals surface area (Å²) in [6.45, 7) is 0.995. The molecule has 0 amide bonds. The number of pyridine rings is 1. The molecule has 0 spiro atoms. The van der Waals surface area contributed by atoms with Crippen LogP contribution in [-0.4, -0.2) is 37.3 Å². The predicted molar refractivity (Wildman–Crippen MR) is 76.1 cm³/mol. The normalized spacial score (nSPS) is 31.5. The van der Waals surface area contributed by atoms with Gasteiger partial charge in [-0.2, -0.15) is 0 Å². The van der Waals surface area contributed by atoms with Crippen molar-refractivity contribution in [3.8, 4) is 0 Å². The Hall–Kier alpha value is -0.980. The van der Waals surface area contributed by atoms with E-state index >= 15 is 0 Å². The molecule has 1 aromatic rings. The number of aromatic nitrogens is 1. The van der Waals surface area contributed by atoms with Crippen molar-refractivity contribution in [2.24, 2.45) is 5.92 Å². The fraction of sp³-hybridized carbons (Fsp3) is 0.571. The molecule has 0 radical (unpaired) electrons. The molecule has 20 heavy (non-hydrogen) atoms. The van der Waals surface area contributed by atoms with Crippen LogP contribution in [-0.2, 0) is 19.9 Å². The molecule has 1 saturated heterocycles. The minimum absolute atomic E-state index is 0.0303. The topological polar surface area (TPSA) is 60.5 Å². The molecule has 1 saturated carbocycles. The average molecular weight is 341 g/mol. The molecule has 1 aliphatic carbocycles. The van der Waals surface area contributed by atoms with Crippen molar-refractivity contribution in [3.05, 3.63) is 28.5 Å². The van der Waals surface area contributed by atoms with Crippen molar-refractivity contribution in [2.45, 2.75) is 24.5 Å². The van der Waals surface area contributed by atoms with Gasteiger partial charge in [-0.15, -0.1) is 0 Å². The molecule has 108 valence electrons. The molecule has 3 atom stereocenters. The maximum Gasteiger partial charge on any atom is 0.331 e. The van der Waals surface area contributed by atoms with Crippen LogP contribution in [0.4, 0.5) is 0 Å². The van der Waals surface area contributed by atoms with Gasteiger partial charge in [0.25, 0.3) is 0 Å². The Kier molecular flexibility index (Phi) is 3.79. The number of nitrogens with zero attached hydrogens (tertiary/aromatic N) is 1. The number of rotatable bonds is 4. The van der Waals surface area contributed by atoms with Gasteiger partial charge in [0.05, 0.1) is 7.11 Å². The lowest BCUT2D eigenvalue weighted by Gasteiger charge is -2.38. The fourth-order valence-corrected chi connectivity index (χ4v) is 3.56. The summed E-state index contributed by atoms with van der Waals surface area (Å²) < 4.78 is 11.5. The third-order valence-electron chi connectivity index (χ3n) is 4.27. The third kappa shape index (κ3) is 2.36. The SMILES string of the molecule is COC(=O)COC1(c2ccc(Br)nc2)CC2CNC1C2. The third-order valence-corrected chi connectivity index (χ3v) is 4.74. The highest BCUT2D eigenvalue weighted by atomic mass is 79.9. The molecular weight excluding hydrogens is 324 g/mol. The summed E-state index contributed by atoms with van der Waals surface area (Å²) in [4.78, 5) is 15.7. The molecular formula is C14H17BrN2O3. The number of esters is 1. The summed E-state index contributed by atoms with van der Waals surface area (Å²) >= 11 is 3.34. The van der Waals surface area contributed by atoms with Crippen LogP contribution in [0.2, 0.25) is 0 Å². The van der Waals surface area contributed by atoms with Gasteiger partial charge < -0.3 is 14.8 Å². The quantitative estimate of drug-likeness (QED) is 0.666. The Morgan fingerprint density at radius 3 is 3.00 bits per heavy atom. The number of fused-ring (bicyclic) bond motifs is 2. The lowest BCUT2D eigenvalue weighted by molar-refractivity contribution is -0.156. The summed E-state index contributed by atoms with van der Waals surface area (Å²) in [6.07, 6.45) is 3.83. The Labute approximate surface area is 126 Å². The van der Waals surface area contributed by atoms with Gasteiger partial charge in [-0.3, -0.25) is 0 Å². The number of carbonyl (C=O) groups excluding carboxylic acids is 1. The zero-order chi connectivity index (χ0) is 14.2. The lowest BCUT2D eigenvalue weighted by Crippen LogP contribution is -2.49. The lowest BCUT2D eigenvalue weighted by atomic mass is 9.87. The molecule has 1 aromatic heterocycles. The van der Waals surface area contributed by atoms with Crippen LogP contribution in [0.1, 0.15) is 18.4 Å². The van der Waals surface area contributed by atoms with Gasteiger partial charge in [0.1, 0.15) is 16.8 Å². The van der Waals surface area contributed by atoms with E-state index in [1.165, 1.54) is 7.11 Å². The molecule has 2 aliphatic rings. The zero-order valence-electron chi connectivity index (χ0n) is 11.3. The molecule has 3 unspecified atom stereocenters. The van der Waals surface area contributed by atoms with Crippen molar-refractivity contribution in [3.63, 3.8) is 0 Å². The highest BCUT2D eigenvalue weighted by Gasteiger charge is 2.53. The average Bonchev–Trinajstić information content (AvgIpc) is 3.06. The second-order valence-electron chi connectivity index (χ2n) is 5.39. The fourth-order valence-electron chi connectivity index (χ4n) is 3.33. The number of halogens is 1. The van der Waals surface area contributed by atoms with Crippen LogP contribution in [0, 0.1) is 5.92 Å². The summed E-state index contributed by atoms with van der Waals surface area (Å²) in [7, 11) is 1.37. The number of hydrogen-bond acceptors (Lipinski definition) is 5. The van der Waals surface area contributed by atoms with Crippen LogP contribution >= 0.6 is 15.9 Å². The standard InChI is InChI=1S/C14H17BrN2O3/c1-19-13(18)8-20-14(5-9-4-11(14)16-6-9)10-2-3-12(15)17-7-10/h2-3,7,9,11,16H,4-6,8H2,1H3. The largest absolute Gasteiger partial charge is 0.467 e. The summed E-state index contributed by atoms with van der Waals surface area (Å²) in [5.74, 6) is 0.249. The molecule has 3 rings (SSSR count). The first-order valence-electron chi connectivity index (χ1n) is 6.70. The van der Waals surface area contributed by atoms with Gasteiger partial charge in [-0.25, -0.2) is 9.78 Å². The first-order chi connectivity index (χ1) is 9.64. The van der Waals surface area contributed by atoms with Crippen molar-refractivity contribution in [1.82, 2.24) is 10.3 Å². The second-order valence-corrected chi connectivity index (χ2v) is 6.20. The van der Waals surface area contributed by atoms with Gasteiger partial charge in [-0.05, 0) is 47.3 Å². The molecule has 2 heterocycles. The van der Waals surface area contributed by atoms with Crippen LogP contribution in [0.25, 0.3) is 0 Å². The molecule has 5 nitrogen and oxygen atoms in total. The number of nitrogens with one attached hydrogen (secondary N) is 1. The number of piperidine rings is 1. The molecule has 0 aromatic carbocycles. The minimum Gasteiger partial charge on any atom is -0.467 e. The van der Waals surface area contributed by atoms with Crippen LogP contribution in [0.15, 0.2) is 22.9 Å². The Morgan fingerprint density at radius 2 is 2.45 bits per heavy atom. The van der Waals surface area contributed by atoms with Crippen molar-refractivity contribution in [1.29, 1.82) is 0 Å². The van der Waals surface area contributed by atoms with E-state index in [9.17, 15) is 4.79 Å². The first-order valence-corrected chi connectivity index (χ1v) is 7.49. The second kappa shape index (κ2) is 5.42. The highest BCUT2D eigenvalue weighted by molar-refractivity contribution is 9.10. The smallest absolute Gasteiger partial charge is 0.331 e. The van der Waals surface area contributed by atoms with Crippen LogP contribution in [0.5, 0.6) is 0 Å². The molecule has 6 heteroatoms. The Bertz CT molecular complexity index is 508. The first kappa shape index (κ1) is 14.0. The van der Waals surface area contributed by atoms with Gasteiger partial charge in [-0.1, -0.05) is 6.07 Å². The molecule has 2 bridgehead atoms. The number of carbonyl (C=O) groups is 1. The van der Waals surface area contributed by atoms with E-state index in [1.807, 2.05) is 18.3 Å². The van der Waals surface area contributed by atoms with E-state index in [4.69, 9.17) is 4.74 Å². The van der Waals surface area contributed by atoms with Gasteiger partial charge in [0.2, 0.25) is 0 Å². The van der Waals surface area contributed by atoms with E-state index in [-0.39, 0.29) is 18.6 Å². The monoisotopic (exact) mass is 340 g/mol. The number of ether oxygens (including phenoxy) is 2. The summed E-state index contributed by atoms with van der Waals surface area (Å²) in [5, 5.41) is 3.49. The van der Waals surface area contributed by atoms with Crippen molar-refractivity contribution < 1.29 is 14.3 Å². The Balaban J connectivity index is 1.88. The number of methoxy groups -OCH3 is 1. The maximum absolute atomic E-state index is 11.4. The van der Waals surface area contributed by atoms with Gasteiger partial charge in [0, 0.05) is 17.8 Å². The number of hydrogen-bond donors (Lipinski definition) is 1. The van der Waals surface area contributed by atoms with E-state index < -0.39 is 5.60 Å². The van der Waals surface area contributed by atoms with E-state index in [0.717, 1.165) is 29.6 Å². The van der Waals surface area contributed by atoms with Gasteiger partial charge >= 0.3 is 5.97 Å². The molecule has 1 aliphatic heterocycles. The zero-order valence-corrected chi connectivity index (χ0v) is 12.9. The van der Waals surface area contributed by atoms with Crippen LogP contribution < -0.4 is 5.32 Å². The van der Waals surface area contributed by atoms with Crippen molar-refractivity contribution in [2.75, 3.05) is 20.3 Å². The van der Waals surface area contributed by atoms with E-state index in [2.05, 4.69) is 31.0 Å². The predicted octanol–water partition coefficient (Wildman–Crippen LogP) is 1.61. The molecule has 1 N–H and O–H groups in total. The Morgan fingerprint density at radius 1 is 1.60 bits per heavy atom. The minimum atomic E-state index is -0.467. The molecule has 2 fully saturated rings. The van der Waals surface area contributed by atoms with E-state index in [1.54, 1.807) is 0 Å². The summed E-state index contributed by atoms with van der Waals surface area (Å²) in [6, 6.07) is 4.15. The maximum atomic E-state index is 11.4. The van der Waals surface area contributed by atoms with E-state index in [0.29, 0.717) is 5.92 Å². The van der Waals surface area contributed by atoms with Gasteiger partial charge in [0.15, 0.2) is 0 Å². The van der Waals surface area contributed by atoms with Crippen LogP contribution in [0.3, 0.4) is 0 Å². The summed E-state index contributed by atoms with van der Waals surface area (Å²) in [5.41, 5.74) is 0.550.